The molecule has 0 aliphatic carbocycles. The monoisotopic (exact) mass is 351 g/mol. The Hall–Kier alpha value is -1.89. The summed E-state index contributed by atoms with van der Waals surface area (Å²) in [5.74, 6) is 0.440. The van der Waals surface area contributed by atoms with Crippen LogP contribution in [0.4, 0.5) is 0 Å². The molecule has 8 heteroatoms. The molecule has 3 rings (SSSR count). The van der Waals surface area contributed by atoms with Crippen LogP contribution in [-0.4, -0.2) is 19.7 Å². The molecule has 1 aromatic carbocycles. The zero-order chi connectivity index (χ0) is 16.6. The Bertz CT molecular complexity index is 904. The van der Waals surface area contributed by atoms with E-state index in [0.717, 1.165) is 6.42 Å². The average molecular weight is 352 g/mol. The molecule has 0 fully saturated rings. The van der Waals surface area contributed by atoms with Gasteiger partial charge in [0.25, 0.3) is 5.56 Å². The van der Waals surface area contributed by atoms with Gasteiger partial charge in [-0.1, -0.05) is 36.5 Å². The number of fused-ring (bicyclic) bond motifs is 1. The molecule has 0 spiro atoms. The minimum absolute atomic E-state index is 0.271. The Kier molecular flexibility index (Phi) is 4.39. The van der Waals surface area contributed by atoms with Crippen molar-refractivity contribution in [3.8, 4) is 5.69 Å². The van der Waals surface area contributed by atoms with E-state index in [-0.39, 0.29) is 10.9 Å². The lowest BCUT2D eigenvalue weighted by atomic mass is 10.1. The second-order valence-electron chi connectivity index (χ2n) is 5.22. The molecule has 2 aromatic heterocycles. The first-order valence-corrected chi connectivity index (χ1v) is 7.95. The van der Waals surface area contributed by atoms with Crippen LogP contribution in [0.2, 0.25) is 10.0 Å². The van der Waals surface area contributed by atoms with E-state index >= 15 is 0 Å². The van der Waals surface area contributed by atoms with Gasteiger partial charge in [0.15, 0.2) is 0 Å². The third-order valence-corrected chi connectivity index (χ3v) is 4.24. The molecule has 2 heterocycles. The highest BCUT2D eigenvalue weighted by Gasteiger charge is 2.21. The highest BCUT2D eigenvalue weighted by Crippen LogP contribution is 2.28. The van der Waals surface area contributed by atoms with E-state index in [0.29, 0.717) is 33.5 Å². The third kappa shape index (κ3) is 2.73. The van der Waals surface area contributed by atoms with Gasteiger partial charge in [0, 0.05) is 6.20 Å². The van der Waals surface area contributed by atoms with Crippen molar-refractivity contribution in [2.45, 2.75) is 25.8 Å². The maximum atomic E-state index is 13.0. The van der Waals surface area contributed by atoms with E-state index in [1.165, 1.54) is 10.8 Å². The summed E-state index contributed by atoms with van der Waals surface area (Å²) < 4.78 is 1.44. The summed E-state index contributed by atoms with van der Waals surface area (Å²) in [5.41, 5.74) is 6.84. The summed E-state index contributed by atoms with van der Waals surface area (Å²) in [6, 6.07) is 2.80. The number of H-pyrrole nitrogens is 1. The maximum absolute atomic E-state index is 13.0. The fourth-order valence-corrected chi connectivity index (χ4v) is 2.97. The van der Waals surface area contributed by atoms with Crippen LogP contribution in [0.3, 0.4) is 0 Å². The minimum Gasteiger partial charge on any atom is -0.321 e. The fraction of sp³-hybridized carbons (Fsp3) is 0.267. The zero-order valence-electron chi connectivity index (χ0n) is 12.4. The van der Waals surface area contributed by atoms with Gasteiger partial charge in [-0.25, -0.2) is 4.98 Å². The normalized spacial score (nSPS) is 12.7. The first-order valence-electron chi connectivity index (χ1n) is 7.20. The summed E-state index contributed by atoms with van der Waals surface area (Å²) in [6.07, 6.45) is 4.70. The summed E-state index contributed by atoms with van der Waals surface area (Å²) in [4.78, 5) is 17.6. The van der Waals surface area contributed by atoms with Gasteiger partial charge < -0.3 is 5.73 Å². The first kappa shape index (κ1) is 16.0. The molecule has 3 N–H and O–H groups in total. The van der Waals surface area contributed by atoms with Crippen LogP contribution in [0.15, 0.2) is 29.3 Å². The lowest BCUT2D eigenvalue weighted by Crippen LogP contribution is -2.28. The fourth-order valence-electron chi connectivity index (χ4n) is 2.54. The molecule has 23 heavy (non-hydrogen) atoms. The Balaban J connectivity index is 2.42. The number of nitrogens with two attached hydrogens (primary N) is 1. The van der Waals surface area contributed by atoms with Gasteiger partial charge in [-0.15, -0.1) is 0 Å². The SMILES string of the molecule is CCCC(N)c1nc2c(Cl)ccc(Cl)c2c(=O)n1-c1cn[nH]c1. The number of hydrogen-bond donors (Lipinski definition) is 2. The van der Waals surface area contributed by atoms with Gasteiger partial charge in [0.1, 0.15) is 5.82 Å². The molecular weight excluding hydrogens is 337 g/mol. The second kappa shape index (κ2) is 6.31. The number of halogens is 2. The molecule has 120 valence electrons. The van der Waals surface area contributed by atoms with Crippen LogP contribution in [0.5, 0.6) is 0 Å². The highest BCUT2D eigenvalue weighted by atomic mass is 35.5. The van der Waals surface area contributed by atoms with Crippen LogP contribution in [0.1, 0.15) is 31.6 Å². The van der Waals surface area contributed by atoms with Crippen molar-refractivity contribution in [2.75, 3.05) is 0 Å². The standard InChI is InChI=1S/C15H15Cl2N5O/c1-2-3-11(18)14-21-13-10(17)5-4-9(16)12(13)15(23)22(14)8-6-19-20-7-8/h4-7,11H,2-3,18H2,1H3,(H,19,20). The molecule has 0 radical (unpaired) electrons. The van der Waals surface area contributed by atoms with Crippen molar-refractivity contribution >= 4 is 34.1 Å². The highest BCUT2D eigenvalue weighted by molar-refractivity contribution is 6.39. The van der Waals surface area contributed by atoms with Crippen LogP contribution >= 0.6 is 23.2 Å². The van der Waals surface area contributed by atoms with E-state index in [4.69, 9.17) is 28.9 Å². The number of aromatic amines is 1. The molecule has 0 aliphatic heterocycles. The largest absolute Gasteiger partial charge is 0.321 e. The second-order valence-corrected chi connectivity index (χ2v) is 6.03. The van der Waals surface area contributed by atoms with Crippen molar-refractivity contribution in [1.82, 2.24) is 19.7 Å². The molecule has 0 aliphatic rings. The van der Waals surface area contributed by atoms with Gasteiger partial charge in [0.2, 0.25) is 0 Å². The van der Waals surface area contributed by atoms with Crippen LogP contribution in [0, 0.1) is 0 Å². The molecule has 0 bridgehead atoms. The van der Waals surface area contributed by atoms with E-state index in [2.05, 4.69) is 15.2 Å². The van der Waals surface area contributed by atoms with Crippen LogP contribution < -0.4 is 11.3 Å². The third-order valence-electron chi connectivity index (χ3n) is 3.62. The molecule has 0 saturated heterocycles. The smallest absolute Gasteiger partial charge is 0.267 e. The number of aromatic nitrogens is 4. The molecule has 1 unspecified atom stereocenters. The van der Waals surface area contributed by atoms with Crippen LogP contribution in [-0.2, 0) is 0 Å². The Morgan fingerprint density at radius 2 is 2.09 bits per heavy atom. The first-order chi connectivity index (χ1) is 11.0. The zero-order valence-corrected chi connectivity index (χ0v) is 13.9. The van der Waals surface area contributed by atoms with Crippen molar-refractivity contribution in [1.29, 1.82) is 0 Å². The minimum atomic E-state index is -0.401. The quantitative estimate of drug-likeness (QED) is 0.754. The Morgan fingerprint density at radius 3 is 2.74 bits per heavy atom. The maximum Gasteiger partial charge on any atom is 0.267 e. The van der Waals surface area contributed by atoms with E-state index < -0.39 is 6.04 Å². The Morgan fingerprint density at radius 1 is 1.35 bits per heavy atom. The van der Waals surface area contributed by atoms with E-state index in [1.807, 2.05) is 6.92 Å². The summed E-state index contributed by atoms with van der Waals surface area (Å²) >= 11 is 12.4. The van der Waals surface area contributed by atoms with Gasteiger partial charge in [0.05, 0.1) is 38.9 Å². The van der Waals surface area contributed by atoms with Crippen molar-refractivity contribution in [2.24, 2.45) is 5.73 Å². The van der Waals surface area contributed by atoms with Gasteiger partial charge >= 0.3 is 0 Å². The predicted octanol–water partition coefficient (Wildman–Crippen LogP) is 3.22. The van der Waals surface area contributed by atoms with Crippen LogP contribution in [0.25, 0.3) is 16.6 Å². The number of rotatable bonds is 4. The van der Waals surface area contributed by atoms with E-state index in [1.54, 1.807) is 18.3 Å². The van der Waals surface area contributed by atoms with Gasteiger partial charge in [-0.05, 0) is 18.6 Å². The molecule has 3 aromatic rings. The molecule has 0 amide bonds. The molecule has 0 saturated carbocycles. The topological polar surface area (TPSA) is 89.6 Å². The van der Waals surface area contributed by atoms with Crippen molar-refractivity contribution < 1.29 is 0 Å². The number of nitrogens with one attached hydrogen (secondary N) is 1. The molecule has 1 atom stereocenters. The van der Waals surface area contributed by atoms with Crippen molar-refractivity contribution in [3.63, 3.8) is 0 Å². The number of benzene rings is 1. The van der Waals surface area contributed by atoms with Crippen molar-refractivity contribution in [3.05, 3.63) is 50.7 Å². The number of hydrogen-bond acceptors (Lipinski definition) is 4. The molecular formula is C15H15Cl2N5O. The van der Waals surface area contributed by atoms with Gasteiger partial charge in [-0.3, -0.25) is 14.5 Å². The van der Waals surface area contributed by atoms with Gasteiger partial charge in [-0.2, -0.15) is 5.10 Å². The Labute approximate surface area is 142 Å². The summed E-state index contributed by atoms with van der Waals surface area (Å²) in [6.45, 7) is 2.02. The van der Waals surface area contributed by atoms with E-state index in [9.17, 15) is 4.79 Å². The lowest BCUT2D eigenvalue weighted by Gasteiger charge is -2.17. The summed E-state index contributed by atoms with van der Waals surface area (Å²) in [7, 11) is 0. The average Bonchev–Trinajstić information content (AvgIpc) is 3.04. The predicted molar refractivity (Wildman–Crippen MR) is 91.3 cm³/mol. The lowest BCUT2D eigenvalue weighted by molar-refractivity contribution is 0.583. The number of nitrogens with zero attached hydrogens (tertiary/aromatic N) is 3. The molecule has 6 nitrogen and oxygen atoms in total. The summed E-state index contributed by atoms with van der Waals surface area (Å²) in [5, 5.41) is 7.52.